The van der Waals surface area contributed by atoms with Crippen molar-refractivity contribution in [2.75, 3.05) is 0 Å². The molecule has 42 heavy (non-hydrogen) atoms. The fourth-order valence-corrected chi connectivity index (χ4v) is 6.75. The summed E-state index contributed by atoms with van der Waals surface area (Å²) >= 11 is 1.78. The highest BCUT2D eigenvalue weighted by atomic mass is 32.2. The molecular formula is C37H27N4S+. The Labute approximate surface area is 248 Å². The summed E-state index contributed by atoms with van der Waals surface area (Å²) in [5.74, 6) is 0.941. The average molecular weight is 560 g/mol. The molecular weight excluding hydrogens is 533 g/mol. The number of aromatic nitrogens is 4. The van der Waals surface area contributed by atoms with Gasteiger partial charge >= 0.3 is 0 Å². The van der Waals surface area contributed by atoms with Gasteiger partial charge in [0, 0.05) is 45.0 Å². The van der Waals surface area contributed by atoms with E-state index in [1.54, 1.807) is 11.8 Å². The predicted molar refractivity (Wildman–Crippen MR) is 174 cm³/mol. The second-order valence-electron chi connectivity index (χ2n) is 10.5. The summed E-state index contributed by atoms with van der Waals surface area (Å²) in [6.07, 6.45) is 4.07. The minimum atomic E-state index is 0.941. The van der Waals surface area contributed by atoms with Gasteiger partial charge in [-0.1, -0.05) is 72.4 Å². The molecule has 0 saturated heterocycles. The van der Waals surface area contributed by atoms with Gasteiger partial charge in [-0.15, -0.1) is 0 Å². The van der Waals surface area contributed by atoms with E-state index in [1.165, 1.54) is 42.7 Å². The molecule has 8 rings (SSSR count). The van der Waals surface area contributed by atoms with E-state index >= 15 is 0 Å². The standard InChI is InChI=1S/C37H27N4S/c1-26-20-21-38-37(22-26)41-33-15-6-5-14-31(33)32-19-18-30(24-36(32)41)42-29-13-9-12-28(23-29)40-25-39(27-10-3-2-4-11-27)34-16-7-8-17-35(34)40/h2-25H,1H3/q+1. The quantitative estimate of drug-likeness (QED) is 0.196. The van der Waals surface area contributed by atoms with E-state index in [4.69, 9.17) is 4.98 Å². The van der Waals surface area contributed by atoms with Gasteiger partial charge in [-0.25, -0.2) is 4.98 Å². The largest absolute Gasteiger partial charge is 0.294 e. The van der Waals surface area contributed by atoms with Gasteiger partial charge in [0.15, 0.2) is 17.4 Å². The Bertz CT molecular complexity index is 2240. The Hall–Kier alpha value is -5.13. The number of benzene rings is 5. The van der Waals surface area contributed by atoms with Crippen molar-refractivity contribution in [3.8, 4) is 17.2 Å². The van der Waals surface area contributed by atoms with Crippen molar-refractivity contribution in [2.45, 2.75) is 16.7 Å². The predicted octanol–water partition coefficient (Wildman–Crippen LogP) is 9.65. The molecule has 0 bridgehead atoms. The van der Waals surface area contributed by atoms with Crippen LogP contribution in [0.2, 0.25) is 0 Å². The molecule has 0 aliphatic heterocycles. The molecule has 0 radical (unpaired) electrons. The van der Waals surface area contributed by atoms with Crippen molar-refractivity contribution >= 4 is 44.6 Å². The highest BCUT2D eigenvalue weighted by Crippen LogP contribution is 2.37. The first-order valence-corrected chi connectivity index (χ1v) is 14.9. The summed E-state index contributed by atoms with van der Waals surface area (Å²) in [6, 6.07) is 47.4. The van der Waals surface area contributed by atoms with Crippen LogP contribution in [0.25, 0.3) is 50.0 Å². The van der Waals surface area contributed by atoms with Crippen LogP contribution in [0.5, 0.6) is 0 Å². The molecule has 8 aromatic rings. The van der Waals surface area contributed by atoms with Crippen molar-refractivity contribution in [3.05, 3.63) is 152 Å². The van der Waals surface area contributed by atoms with Gasteiger partial charge in [0.1, 0.15) is 17.2 Å². The number of imidazole rings is 1. The van der Waals surface area contributed by atoms with E-state index in [0.717, 1.165) is 22.7 Å². The molecule has 3 heterocycles. The van der Waals surface area contributed by atoms with Crippen LogP contribution in [0, 0.1) is 6.92 Å². The zero-order chi connectivity index (χ0) is 28.0. The maximum absolute atomic E-state index is 4.74. The van der Waals surface area contributed by atoms with Gasteiger partial charge < -0.3 is 0 Å². The summed E-state index contributed by atoms with van der Waals surface area (Å²) in [5.41, 5.74) is 8.14. The smallest absolute Gasteiger partial charge is 0.168 e. The number of hydrogen-bond donors (Lipinski definition) is 0. The zero-order valence-corrected chi connectivity index (χ0v) is 23.9. The van der Waals surface area contributed by atoms with Crippen molar-refractivity contribution < 1.29 is 0 Å². The molecule has 0 unspecified atom stereocenters. The first-order valence-electron chi connectivity index (χ1n) is 14.0. The molecule has 0 amide bonds. The van der Waals surface area contributed by atoms with Gasteiger partial charge in [-0.05, 0) is 67.1 Å². The van der Waals surface area contributed by atoms with Gasteiger partial charge in [0.2, 0.25) is 0 Å². The van der Waals surface area contributed by atoms with Crippen LogP contribution < -0.4 is 0 Å². The van der Waals surface area contributed by atoms with Gasteiger partial charge in [-0.3, -0.25) is 4.57 Å². The fraction of sp³-hybridized carbons (Fsp3) is 0.0270. The van der Waals surface area contributed by atoms with Crippen molar-refractivity contribution in [1.82, 2.24) is 18.7 Å². The maximum atomic E-state index is 4.74. The molecule has 0 atom stereocenters. The molecule has 0 fully saturated rings. The fourth-order valence-electron chi connectivity index (χ4n) is 5.85. The highest BCUT2D eigenvalue weighted by molar-refractivity contribution is 7.99. The lowest BCUT2D eigenvalue weighted by Gasteiger charge is -2.09. The topological polar surface area (TPSA) is 27.7 Å². The van der Waals surface area contributed by atoms with E-state index in [1.807, 2.05) is 12.3 Å². The van der Waals surface area contributed by atoms with Crippen LogP contribution in [0.3, 0.4) is 0 Å². The van der Waals surface area contributed by atoms with Crippen LogP contribution in [0.4, 0.5) is 0 Å². The number of rotatable bonds is 5. The third kappa shape index (κ3) is 4.18. The van der Waals surface area contributed by atoms with Crippen molar-refractivity contribution in [1.29, 1.82) is 0 Å². The normalized spacial score (nSPS) is 11.5. The number of nitrogens with zero attached hydrogens (tertiary/aromatic N) is 4. The first-order chi connectivity index (χ1) is 20.7. The maximum Gasteiger partial charge on any atom is 0.168 e. The number of fused-ring (bicyclic) bond motifs is 4. The van der Waals surface area contributed by atoms with Crippen LogP contribution in [-0.2, 0) is 0 Å². The highest BCUT2D eigenvalue weighted by Gasteiger charge is 2.18. The van der Waals surface area contributed by atoms with Crippen LogP contribution in [-0.4, -0.2) is 18.7 Å². The zero-order valence-electron chi connectivity index (χ0n) is 23.1. The Kier molecular flexibility index (Phi) is 5.90. The summed E-state index contributed by atoms with van der Waals surface area (Å²) in [4.78, 5) is 7.12. The van der Waals surface area contributed by atoms with Gasteiger partial charge in [0.25, 0.3) is 0 Å². The van der Waals surface area contributed by atoms with E-state index < -0.39 is 0 Å². The molecule has 200 valence electrons. The van der Waals surface area contributed by atoms with Crippen LogP contribution in [0.15, 0.2) is 156 Å². The molecule has 0 saturated carbocycles. The Morgan fingerprint density at radius 1 is 0.548 bits per heavy atom. The summed E-state index contributed by atoms with van der Waals surface area (Å²) in [5, 5.41) is 2.47. The van der Waals surface area contributed by atoms with Crippen molar-refractivity contribution in [2.24, 2.45) is 0 Å². The molecule has 4 nitrogen and oxygen atoms in total. The lowest BCUT2D eigenvalue weighted by Crippen LogP contribution is -1.97. The Balaban J connectivity index is 1.22. The molecule has 0 spiro atoms. The number of pyridine rings is 1. The lowest BCUT2D eigenvalue weighted by molar-refractivity contribution is 1.01. The van der Waals surface area contributed by atoms with Crippen LogP contribution in [0.1, 0.15) is 5.56 Å². The van der Waals surface area contributed by atoms with E-state index in [0.29, 0.717) is 0 Å². The minimum Gasteiger partial charge on any atom is -0.294 e. The van der Waals surface area contributed by atoms with Gasteiger partial charge in [-0.2, -0.15) is 9.13 Å². The second kappa shape index (κ2) is 10.1. The molecule has 5 aromatic carbocycles. The van der Waals surface area contributed by atoms with Gasteiger partial charge in [0.05, 0.1) is 11.0 Å². The molecule has 5 heteroatoms. The third-order valence-corrected chi connectivity index (χ3v) is 8.75. The first kappa shape index (κ1) is 24.6. The second-order valence-corrected chi connectivity index (χ2v) is 11.6. The molecule has 0 aliphatic carbocycles. The summed E-state index contributed by atoms with van der Waals surface area (Å²) < 4.78 is 6.81. The third-order valence-electron chi connectivity index (χ3n) is 7.77. The SMILES string of the molecule is Cc1ccnc(-n2c3ccccc3c3ccc(Sc4cccc(-n5[cH+]n(-c6ccccc6)c6ccccc65)c4)cc32)c1. The Morgan fingerprint density at radius 3 is 2.02 bits per heavy atom. The molecule has 3 aromatic heterocycles. The van der Waals surface area contributed by atoms with E-state index in [-0.39, 0.29) is 0 Å². The molecule has 0 N–H and O–H groups in total. The van der Waals surface area contributed by atoms with E-state index in [2.05, 4.69) is 154 Å². The average Bonchev–Trinajstić information content (AvgIpc) is 3.58. The van der Waals surface area contributed by atoms with E-state index in [9.17, 15) is 0 Å². The Morgan fingerprint density at radius 2 is 1.21 bits per heavy atom. The lowest BCUT2D eigenvalue weighted by atomic mass is 10.2. The summed E-state index contributed by atoms with van der Waals surface area (Å²) in [6.45, 7) is 2.11. The summed E-state index contributed by atoms with van der Waals surface area (Å²) in [7, 11) is 0. The monoisotopic (exact) mass is 559 g/mol. The van der Waals surface area contributed by atoms with Crippen LogP contribution >= 0.6 is 11.8 Å². The number of aryl methyl sites for hydroxylation is 1. The number of para-hydroxylation sites is 4. The van der Waals surface area contributed by atoms with Crippen molar-refractivity contribution in [3.63, 3.8) is 0 Å². The number of hydrogen-bond acceptors (Lipinski definition) is 2. The molecule has 0 aliphatic rings. The minimum absolute atomic E-state index is 0.941.